The first-order chi connectivity index (χ1) is 10.5. The van der Waals surface area contributed by atoms with E-state index in [-0.39, 0.29) is 11.8 Å². The molecule has 2 heterocycles. The molecule has 1 aliphatic carbocycles. The summed E-state index contributed by atoms with van der Waals surface area (Å²) in [5.74, 6) is 1.45. The molecule has 2 fully saturated rings. The van der Waals surface area contributed by atoms with Gasteiger partial charge in [0.15, 0.2) is 0 Å². The van der Waals surface area contributed by atoms with Gasteiger partial charge in [-0.3, -0.25) is 9.89 Å². The van der Waals surface area contributed by atoms with Crippen molar-refractivity contribution in [3.63, 3.8) is 0 Å². The zero-order chi connectivity index (χ0) is 15.5. The Morgan fingerprint density at radius 3 is 2.77 bits per heavy atom. The number of amides is 1. The lowest BCUT2D eigenvalue weighted by atomic mass is 9.96. The van der Waals surface area contributed by atoms with Gasteiger partial charge < -0.3 is 10.6 Å². The summed E-state index contributed by atoms with van der Waals surface area (Å²) in [4.78, 5) is 12.6. The molecule has 1 saturated heterocycles. The highest BCUT2D eigenvalue weighted by Gasteiger charge is 2.57. The Hall–Kier alpha value is -1.88. The van der Waals surface area contributed by atoms with Crippen molar-refractivity contribution in [3.05, 3.63) is 29.5 Å². The van der Waals surface area contributed by atoms with E-state index in [1.807, 2.05) is 19.9 Å². The number of hydrogen-bond acceptors (Lipinski definition) is 3. The third-order valence-electron chi connectivity index (χ3n) is 5.24. The largest absolute Gasteiger partial charge is 0.345 e. The van der Waals surface area contributed by atoms with E-state index in [0.717, 1.165) is 35.2 Å². The topological polar surface area (TPSA) is 69.8 Å². The summed E-state index contributed by atoms with van der Waals surface area (Å²) >= 11 is 0. The third-order valence-corrected chi connectivity index (χ3v) is 5.24. The lowest BCUT2D eigenvalue weighted by Crippen LogP contribution is -2.43. The molecule has 0 spiro atoms. The number of fused-ring (bicyclic) bond motifs is 2. The zero-order valence-electron chi connectivity index (χ0n) is 13.2. The Labute approximate surface area is 129 Å². The second-order valence-electron chi connectivity index (χ2n) is 7.20. The quantitative estimate of drug-likeness (QED) is 0.807. The maximum atomic E-state index is 12.6. The summed E-state index contributed by atoms with van der Waals surface area (Å²) in [5, 5.41) is 15.2. The molecule has 3 atom stereocenters. The van der Waals surface area contributed by atoms with Gasteiger partial charge in [-0.25, -0.2) is 0 Å². The number of aromatic nitrogens is 2. The molecule has 0 radical (unpaired) electrons. The monoisotopic (exact) mass is 298 g/mol. The number of piperidine rings is 1. The summed E-state index contributed by atoms with van der Waals surface area (Å²) in [6.45, 7) is 8.09. The molecule has 5 nitrogen and oxygen atoms in total. The summed E-state index contributed by atoms with van der Waals surface area (Å²) in [5.41, 5.74) is 2.64. The molecule has 1 aromatic heterocycles. The van der Waals surface area contributed by atoms with Crippen LogP contribution in [-0.4, -0.2) is 29.2 Å². The number of aromatic amines is 1. The minimum atomic E-state index is -0.454. The number of hydrogen-bond donors (Lipinski definition) is 3. The average molecular weight is 298 g/mol. The molecule has 4 rings (SSSR count). The Bertz CT molecular complexity index is 738. The molecular formula is C17H22N4O. The predicted molar refractivity (Wildman–Crippen MR) is 85.3 cm³/mol. The molecule has 1 aromatic carbocycles. The van der Waals surface area contributed by atoms with Gasteiger partial charge in [0, 0.05) is 11.3 Å². The molecule has 3 N–H and O–H groups in total. The van der Waals surface area contributed by atoms with Crippen LogP contribution in [0.5, 0.6) is 0 Å². The van der Waals surface area contributed by atoms with Gasteiger partial charge in [-0.2, -0.15) is 5.10 Å². The van der Waals surface area contributed by atoms with E-state index < -0.39 is 5.54 Å². The van der Waals surface area contributed by atoms with E-state index in [4.69, 9.17) is 0 Å². The number of carbonyl (C=O) groups excluding carboxylic acids is 1. The summed E-state index contributed by atoms with van der Waals surface area (Å²) in [6, 6.07) is 6.15. The van der Waals surface area contributed by atoms with Crippen LogP contribution in [0.15, 0.2) is 18.2 Å². The Balaban J connectivity index is 1.59. The van der Waals surface area contributed by atoms with Gasteiger partial charge >= 0.3 is 0 Å². The van der Waals surface area contributed by atoms with Crippen molar-refractivity contribution < 1.29 is 4.79 Å². The van der Waals surface area contributed by atoms with E-state index in [1.165, 1.54) is 0 Å². The second-order valence-corrected chi connectivity index (χ2v) is 7.20. The van der Waals surface area contributed by atoms with Crippen LogP contribution in [0.4, 0.5) is 0 Å². The molecule has 2 aliphatic rings. The van der Waals surface area contributed by atoms with Gasteiger partial charge in [-0.05, 0) is 51.3 Å². The first kappa shape index (κ1) is 13.8. The van der Waals surface area contributed by atoms with Gasteiger partial charge in [0.1, 0.15) is 0 Å². The van der Waals surface area contributed by atoms with Crippen LogP contribution in [-0.2, 0) is 10.3 Å². The van der Waals surface area contributed by atoms with E-state index in [1.54, 1.807) is 0 Å². The van der Waals surface area contributed by atoms with Crippen LogP contribution in [0.3, 0.4) is 0 Å². The maximum Gasteiger partial charge on any atom is 0.224 e. The Morgan fingerprint density at radius 2 is 2.05 bits per heavy atom. The fourth-order valence-corrected chi connectivity index (χ4v) is 3.92. The number of rotatable bonds is 3. The number of nitrogens with zero attached hydrogens (tertiary/aromatic N) is 1. The highest BCUT2D eigenvalue weighted by molar-refractivity contribution is 5.87. The summed E-state index contributed by atoms with van der Waals surface area (Å²) in [7, 11) is 0. The number of benzene rings is 1. The number of carbonyl (C=O) groups is 1. The minimum absolute atomic E-state index is 0.178. The van der Waals surface area contributed by atoms with Gasteiger partial charge in [0.2, 0.25) is 5.91 Å². The van der Waals surface area contributed by atoms with Gasteiger partial charge in [-0.1, -0.05) is 18.2 Å². The molecule has 116 valence electrons. The molecule has 1 amide bonds. The SMILES string of the molecule is Cc1cccc2c(C(C)(C)NC(=O)C3[C@H]4CNC[C@@H]34)[nH]nc12. The van der Waals surface area contributed by atoms with E-state index >= 15 is 0 Å². The fraction of sp³-hybridized carbons (Fsp3) is 0.529. The highest BCUT2D eigenvalue weighted by Crippen LogP contribution is 2.49. The van der Waals surface area contributed by atoms with Crippen molar-refractivity contribution in [3.8, 4) is 0 Å². The molecule has 2 aromatic rings. The van der Waals surface area contributed by atoms with Gasteiger partial charge in [0.25, 0.3) is 0 Å². The van der Waals surface area contributed by atoms with Crippen molar-refractivity contribution in [2.24, 2.45) is 17.8 Å². The van der Waals surface area contributed by atoms with E-state index in [2.05, 4.69) is 39.9 Å². The van der Waals surface area contributed by atoms with Crippen molar-refractivity contribution in [2.45, 2.75) is 26.3 Å². The molecule has 0 bridgehead atoms. The predicted octanol–water partition coefficient (Wildman–Crippen LogP) is 1.69. The van der Waals surface area contributed by atoms with Crippen molar-refractivity contribution >= 4 is 16.8 Å². The Morgan fingerprint density at radius 1 is 1.32 bits per heavy atom. The van der Waals surface area contributed by atoms with Crippen LogP contribution in [0.1, 0.15) is 25.1 Å². The van der Waals surface area contributed by atoms with E-state index in [0.29, 0.717) is 11.8 Å². The van der Waals surface area contributed by atoms with Crippen molar-refractivity contribution in [1.29, 1.82) is 0 Å². The number of aryl methyl sites for hydroxylation is 1. The van der Waals surface area contributed by atoms with Crippen LogP contribution in [0, 0.1) is 24.7 Å². The van der Waals surface area contributed by atoms with Crippen molar-refractivity contribution in [2.75, 3.05) is 13.1 Å². The molecule has 1 saturated carbocycles. The third kappa shape index (κ3) is 1.96. The Kier molecular flexibility index (Phi) is 2.85. The number of para-hydroxylation sites is 1. The normalized spacial score (nSPS) is 27.0. The lowest BCUT2D eigenvalue weighted by molar-refractivity contribution is -0.124. The first-order valence-corrected chi connectivity index (χ1v) is 7.96. The molecule has 22 heavy (non-hydrogen) atoms. The minimum Gasteiger partial charge on any atom is -0.345 e. The van der Waals surface area contributed by atoms with Gasteiger partial charge in [0.05, 0.1) is 16.7 Å². The van der Waals surface area contributed by atoms with Crippen LogP contribution >= 0.6 is 0 Å². The zero-order valence-corrected chi connectivity index (χ0v) is 13.2. The fourth-order valence-electron chi connectivity index (χ4n) is 3.92. The highest BCUT2D eigenvalue weighted by atomic mass is 16.2. The summed E-state index contributed by atoms with van der Waals surface area (Å²) in [6.07, 6.45) is 0. The number of nitrogens with one attached hydrogen (secondary N) is 3. The average Bonchev–Trinajstić information content (AvgIpc) is 2.85. The summed E-state index contributed by atoms with van der Waals surface area (Å²) < 4.78 is 0. The standard InChI is InChI=1S/C17H22N4O/c1-9-5-4-6-10-14(9)20-21-15(10)17(2,3)19-16(22)13-11-7-18-8-12(11)13/h4-6,11-13,18H,7-8H2,1-3H3,(H,19,22)(H,20,21)/t11-,12+,13?. The van der Waals surface area contributed by atoms with Crippen LogP contribution in [0.25, 0.3) is 10.9 Å². The maximum absolute atomic E-state index is 12.6. The second kappa shape index (κ2) is 4.56. The van der Waals surface area contributed by atoms with Crippen molar-refractivity contribution in [1.82, 2.24) is 20.8 Å². The van der Waals surface area contributed by atoms with E-state index in [9.17, 15) is 4.79 Å². The first-order valence-electron chi connectivity index (χ1n) is 7.96. The van der Waals surface area contributed by atoms with Gasteiger partial charge in [-0.15, -0.1) is 0 Å². The molecule has 1 aliphatic heterocycles. The molecular weight excluding hydrogens is 276 g/mol. The smallest absolute Gasteiger partial charge is 0.224 e. The van der Waals surface area contributed by atoms with Crippen LogP contribution < -0.4 is 10.6 Å². The molecule has 5 heteroatoms. The molecule has 1 unspecified atom stereocenters. The lowest BCUT2D eigenvalue weighted by Gasteiger charge is -2.26. The number of H-pyrrole nitrogens is 1. The van der Waals surface area contributed by atoms with Crippen LogP contribution in [0.2, 0.25) is 0 Å².